The van der Waals surface area contributed by atoms with Gasteiger partial charge in [0.15, 0.2) is 0 Å². The van der Waals surface area contributed by atoms with Crippen LogP contribution in [0.25, 0.3) is 0 Å². The Morgan fingerprint density at radius 3 is 2.32 bits per heavy atom. The van der Waals surface area contributed by atoms with Gasteiger partial charge in [0, 0.05) is 6.42 Å². The molecule has 1 aliphatic heterocycles. The van der Waals surface area contributed by atoms with Crippen LogP contribution in [0, 0.1) is 5.82 Å². The van der Waals surface area contributed by atoms with Gasteiger partial charge >= 0.3 is 6.03 Å². The maximum Gasteiger partial charge on any atom is 0.325 e. The Bertz CT molecular complexity index is 686. The molecule has 22 heavy (non-hydrogen) atoms. The summed E-state index contributed by atoms with van der Waals surface area (Å²) in [5, 5.41) is 2.70. The van der Waals surface area contributed by atoms with Gasteiger partial charge in [-0.2, -0.15) is 0 Å². The Labute approximate surface area is 127 Å². The molecule has 0 radical (unpaired) electrons. The molecule has 5 heteroatoms. The van der Waals surface area contributed by atoms with E-state index in [1.165, 1.54) is 17.0 Å². The molecule has 112 valence electrons. The van der Waals surface area contributed by atoms with E-state index in [0.29, 0.717) is 12.0 Å². The molecule has 1 saturated heterocycles. The summed E-state index contributed by atoms with van der Waals surface area (Å²) in [6.45, 7) is 0.149. The fraction of sp³-hybridized carbons (Fsp3) is 0.176. The lowest BCUT2D eigenvalue weighted by molar-refractivity contribution is -0.127. The average Bonchev–Trinajstić information content (AvgIpc) is 2.78. The van der Waals surface area contributed by atoms with E-state index in [-0.39, 0.29) is 18.3 Å². The molecule has 4 nitrogen and oxygen atoms in total. The van der Waals surface area contributed by atoms with Gasteiger partial charge in [0.2, 0.25) is 0 Å². The van der Waals surface area contributed by atoms with Crippen LogP contribution in [0.1, 0.15) is 11.1 Å². The Morgan fingerprint density at radius 1 is 0.955 bits per heavy atom. The number of halogens is 1. The second-order valence-corrected chi connectivity index (χ2v) is 5.24. The SMILES string of the molecule is O=C1N[C@H](Cc2ccccc2)C(=O)N1Cc1ccc(F)cc1. The van der Waals surface area contributed by atoms with E-state index in [1.54, 1.807) is 12.1 Å². The van der Waals surface area contributed by atoms with Crippen LogP contribution in [0.15, 0.2) is 54.6 Å². The Balaban J connectivity index is 1.70. The Kier molecular flexibility index (Phi) is 3.87. The van der Waals surface area contributed by atoms with Crippen molar-refractivity contribution in [3.8, 4) is 0 Å². The monoisotopic (exact) mass is 298 g/mol. The van der Waals surface area contributed by atoms with Crippen LogP contribution in [-0.2, 0) is 17.8 Å². The molecule has 0 aromatic heterocycles. The summed E-state index contributed by atoms with van der Waals surface area (Å²) in [6, 6.07) is 14.3. The van der Waals surface area contributed by atoms with Crippen molar-refractivity contribution in [2.75, 3.05) is 0 Å². The summed E-state index contributed by atoms with van der Waals surface area (Å²) in [6.07, 6.45) is 0.464. The van der Waals surface area contributed by atoms with Crippen molar-refractivity contribution in [3.05, 3.63) is 71.5 Å². The van der Waals surface area contributed by atoms with Crippen LogP contribution in [0.5, 0.6) is 0 Å². The molecule has 0 bridgehead atoms. The molecular weight excluding hydrogens is 283 g/mol. The maximum absolute atomic E-state index is 12.9. The molecule has 0 spiro atoms. The number of urea groups is 1. The van der Waals surface area contributed by atoms with Crippen molar-refractivity contribution in [1.82, 2.24) is 10.2 Å². The predicted molar refractivity (Wildman–Crippen MR) is 79.4 cm³/mol. The number of carbonyl (C=O) groups excluding carboxylic acids is 2. The van der Waals surface area contributed by atoms with Crippen LogP contribution < -0.4 is 5.32 Å². The number of nitrogens with zero attached hydrogens (tertiary/aromatic N) is 1. The molecule has 1 fully saturated rings. The topological polar surface area (TPSA) is 49.4 Å². The fourth-order valence-corrected chi connectivity index (χ4v) is 2.49. The zero-order valence-corrected chi connectivity index (χ0v) is 11.8. The Morgan fingerprint density at radius 2 is 1.64 bits per heavy atom. The fourth-order valence-electron chi connectivity index (χ4n) is 2.49. The van der Waals surface area contributed by atoms with Crippen LogP contribution in [-0.4, -0.2) is 22.9 Å². The number of imide groups is 1. The summed E-state index contributed by atoms with van der Waals surface area (Å²) in [4.78, 5) is 25.5. The quantitative estimate of drug-likeness (QED) is 0.882. The number of nitrogens with one attached hydrogen (secondary N) is 1. The van der Waals surface area contributed by atoms with Gasteiger partial charge < -0.3 is 5.32 Å². The summed E-state index contributed by atoms with van der Waals surface area (Å²) in [7, 11) is 0. The van der Waals surface area contributed by atoms with Crippen molar-refractivity contribution in [3.63, 3.8) is 0 Å². The van der Waals surface area contributed by atoms with E-state index in [0.717, 1.165) is 5.56 Å². The van der Waals surface area contributed by atoms with Crippen LogP contribution in [0.3, 0.4) is 0 Å². The molecule has 2 aromatic carbocycles. The normalized spacial score (nSPS) is 17.7. The third-order valence-corrected chi connectivity index (χ3v) is 3.64. The van der Waals surface area contributed by atoms with Crippen molar-refractivity contribution in [1.29, 1.82) is 0 Å². The molecule has 0 aliphatic carbocycles. The summed E-state index contributed by atoms with van der Waals surface area (Å²) in [5.74, 6) is -0.596. The smallest absolute Gasteiger partial charge is 0.325 e. The highest BCUT2D eigenvalue weighted by molar-refractivity contribution is 6.04. The molecule has 3 amide bonds. The van der Waals surface area contributed by atoms with Crippen molar-refractivity contribution in [2.24, 2.45) is 0 Å². The Hall–Kier alpha value is -2.69. The summed E-state index contributed by atoms with van der Waals surface area (Å²) in [5.41, 5.74) is 1.70. The second kappa shape index (κ2) is 5.97. The van der Waals surface area contributed by atoms with Gasteiger partial charge in [-0.1, -0.05) is 42.5 Å². The second-order valence-electron chi connectivity index (χ2n) is 5.24. The van der Waals surface area contributed by atoms with Crippen molar-refractivity contribution < 1.29 is 14.0 Å². The highest BCUT2D eigenvalue weighted by atomic mass is 19.1. The molecule has 1 heterocycles. The third-order valence-electron chi connectivity index (χ3n) is 3.64. The van der Waals surface area contributed by atoms with E-state index in [9.17, 15) is 14.0 Å². The van der Waals surface area contributed by atoms with Crippen molar-refractivity contribution in [2.45, 2.75) is 19.0 Å². The van der Waals surface area contributed by atoms with E-state index in [1.807, 2.05) is 30.3 Å². The van der Waals surface area contributed by atoms with Gasteiger partial charge in [-0.25, -0.2) is 9.18 Å². The minimum Gasteiger partial charge on any atom is -0.325 e. The highest BCUT2D eigenvalue weighted by Crippen LogP contribution is 2.15. The summed E-state index contributed by atoms with van der Waals surface area (Å²) >= 11 is 0. The third kappa shape index (κ3) is 2.98. The van der Waals surface area contributed by atoms with E-state index in [4.69, 9.17) is 0 Å². The first-order valence-corrected chi connectivity index (χ1v) is 7.04. The van der Waals surface area contributed by atoms with E-state index in [2.05, 4.69) is 5.32 Å². The van der Waals surface area contributed by atoms with Gasteiger partial charge in [-0.15, -0.1) is 0 Å². The standard InChI is InChI=1S/C17H15FN2O2/c18-14-8-6-13(7-9-14)11-20-16(21)15(19-17(20)22)10-12-4-2-1-3-5-12/h1-9,15H,10-11H2,(H,19,22)/t15-/m1/s1. The molecule has 1 atom stereocenters. The van der Waals surface area contributed by atoms with Gasteiger partial charge in [0.1, 0.15) is 11.9 Å². The van der Waals surface area contributed by atoms with Gasteiger partial charge in [-0.3, -0.25) is 9.69 Å². The lowest BCUT2D eigenvalue weighted by atomic mass is 10.1. The lowest BCUT2D eigenvalue weighted by Crippen LogP contribution is -2.32. The first-order valence-electron chi connectivity index (χ1n) is 7.04. The zero-order valence-electron chi connectivity index (χ0n) is 11.8. The largest absolute Gasteiger partial charge is 0.325 e. The highest BCUT2D eigenvalue weighted by Gasteiger charge is 2.37. The molecule has 0 saturated carbocycles. The molecule has 0 unspecified atom stereocenters. The minimum atomic E-state index is -0.546. The zero-order chi connectivity index (χ0) is 15.5. The predicted octanol–water partition coefficient (Wildman–Crippen LogP) is 2.49. The van der Waals surface area contributed by atoms with Crippen LogP contribution in [0.2, 0.25) is 0 Å². The number of amides is 3. The molecule has 1 aliphatic rings. The first-order chi connectivity index (χ1) is 10.6. The average molecular weight is 298 g/mol. The molecular formula is C17H15FN2O2. The van der Waals surface area contributed by atoms with E-state index < -0.39 is 12.1 Å². The molecule has 1 N–H and O–H groups in total. The van der Waals surface area contributed by atoms with Crippen LogP contribution in [0.4, 0.5) is 9.18 Å². The number of rotatable bonds is 4. The van der Waals surface area contributed by atoms with Crippen molar-refractivity contribution >= 4 is 11.9 Å². The first kappa shape index (κ1) is 14.3. The van der Waals surface area contributed by atoms with Gasteiger partial charge in [-0.05, 0) is 23.3 Å². The lowest BCUT2D eigenvalue weighted by Gasteiger charge is -2.13. The number of hydrogen-bond acceptors (Lipinski definition) is 2. The van der Waals surface area contributed by atoms with E-state index >= 15 is 0 Å². The number of hydrogen-bond donors (Lipinski definition) is 1. The molecule has 2 aromatic rings. The number of benzene rings is 2. The number of carbonyl (C=O) groups is 2. The minimum absolute atomic E-state index is 0.149. The maximum atomic E-state index is 12.9. The van der Waals surface area contributed by atoms with Crippen LogP contribution >= 0.6 is 0 Å². The molecule has 3 rings (SSSR count). The summed E-state index contributed by atoms with van der Waals surface area (Å²) < 4.78 is 12.9. The van der Waals surface area contributed by atoms with Gasteiger partial charge in [0.05, 0.1) is 6.54 Å². The van der Waals surface area contributed by atoms with Gasteiger partial charge in [0.25, 0.3) is 5.91 Å².